The molecule has 2 aromatic rings. The number of rotatable bonds is 5. The number of carbonyl (C=O) groups excluding carboxylic acids is 1. The molecule has 0 spiro atoms. The first kappa shape index (κ1) is 22.0. The number of nitrogens with zero attached hydrogens (tertiary/aromatic N) is 3. The van der Waals surface area contributed by atoms with Crippen molar-refractivity contribution in [3.05, 3.63) is 47.6 Å². The summed E-state index contributed by atoms with van der Waals surface area (Å²) in [6.45, 7) is 2.58. The Kier molecular flexibility index (Phi) is 6.79. The summed E-state index contributed by atoms with van der Waals surface area (Å²) >= 11 is 5.90. The topological polar surface area (TPSA) is 82.6 Å². The van der Waals surface area contributed by atoms with Crippen molar-refractivity contribution in [3.8, 4) is 0 Å². The van der Waals surface area contributed by atoms with Gasteiger partial charge in [0.15, 0.2) is 0 Å². The van der Waals surface area contributed by atoms with Gasteiger partial charge in [-0.15, -0.1) is 0 Å². The van der Waals surface area contributed by atoms with E-state index >= 15 is 0 Å². The fourth-order valence-corrected chi connectivity index (χ4v) is 5.83. The lowest BCUT2D eigenvalue weighted by atomic mass is 9.96. The van der Waals surface area contributed by atoms with Crippen molar-refractivity contribution in [2.24, 2.45) is 5.92 Å². The molecule has 1 aromatic heterocycles. The van der Waals surface area contributed by atoms with Crippen molar-refractivity contribution in [2.45, 2.75) is 37.0 Å². The smallest absolute Gasteiger partial charge is 0.243 e. The summed E-state index contributed by atoms with van der Waals surface area (Å²) in [5.74, 6) is 0.668. The molecule has 0 unspecified atom stereocenters. The molecule has 1 N–H and O–H groups in total. The fraction of sp³-hybridized carbons (Fsp3) is 0.455. The molecule has 1 aromatic carbocycles. The van der Waals surface area contributed by atoms with Gasteiger partial charge in [-0.1, -0.05) is 24.1 Å². The van der Waals surface area contributed by atoms with Crippen LogP contribution < -0.4 is 10.2 Å². The van der Waals surface area contributed by atoms with Gasteiger partial charge < -0.3 is 10.2 Å². The molecule has 0 atom stereocenters. The maximum atomic E-state index is 12.9. The van der Waals surface area contributed by atoms with Crippen LogP contribution in [0.25, 0.3) is 0 Å². The quantitative estimate of drug-likeness (QED) is 0.731. The summed E-state index contributed by atoms with van der Waals surface area (Å²) in [4.78, 5) is 19.5. The number of nitrogens with one attached hydrogen (secondary N) is 1. The summed E-state index contributed by atoms with van der Waals surface area (Å²) in [6, 6.07) is 10.3. The Bertz CT molecular complexity index is 1020. The minimum Gasteiger partial charge on any atom is -0.357 e. The average Bonchev–Trinajstić information content (AvgIpc) is 2.80. The third kappa shape index (κ3) is 5.19. The van der Waals surface area contributed by atoms with Gasteiger partial charge in [0, 0.05) is 44.0 Å². The van der Waals surface area contributed by atoms with E-state index in [1.165, 1.54) is 4.31 Å². The normalized spacial score (nSPS) is 18.7. The Hall–Kier alpha value is -2.16. The first-order valence-electron chi connectivity index (χ1n) is 10.7. The van der Waals surface area contributed by atoms with Crippen molar-refractivity contribution in [2.75, 3.05) is 36.4 Å². The Morgan fingerprint density at radius 1 is 1.03 bits per heavy atom. The molecule has 3 heterocycles. The SMILES string of the molecule is O=C(Nc1cccc(S(=O)(=O)N2CCCCC2)c1)C1CCN(c2ccc(Cl)cn2)CC1. The van der Waals surface area contributed by atoms with Gasteiger partial charge in [0.2, 0.25) is 15.9 Å². The molecule has 166 valence electrons. The van der Waals surface area contributed by atoms with Crippen molar-refractivity contribution >= 4 is 39.0 Å². The standard InChI is InChI=1S/C22H27ClN4O3S/c23-18-7-8-21(24-16-18)26-13-9-17(10-14-26)22(28)25-19-5-4-6-20(15-19)31(29,30)27-11-2-1-3-12-27/h4-8,15-17H,1-3,9-14H2,(H,25,28). The van der Waals surface area contributed by atoms with E-state index in [0.717, 1.165) is 38.2 Å². The molecular weight excluding hydrogens is 436 g/mol. The van der Waals surface area contributed by atoms with Crippen LogP contribution in [0.3, 0.4) is 0 Å². The second kappa shape index (κ2) is 9.54. The number of amides is 1. The molecule has 2 aliphatic heterocycles. The van der Waals surface area contributed by atoms with Crippen LogP contribution in [-0.4, -0.2) is 49.8 Å². The van der Waals surface area contributed by atoms with Gasteiger partial charge in [-0.2, -0.15) is 4.31 Å². The zero-order valence-corrected chi connectivity index (χ0v) is 18.9. The molecule has 1 amide bonds. The van der Waals surface area contributed by atoms with Gasteiger partial charge in [0.25, 0.3) is 0 Å². The number of hydrogen-bond donors (Lipinski definition) is 1. The average molecular weight is 463 g/mol. The van der Waals surface area contributed by atoms with Gasteiger partial charge in [0.05, 0.1) is 9.92 Å². The van der Waals surface area contributed by atoms with E-state index in [1.807, 2.05) is 12.1 Å². The molecule has 0 radical (unpaired) electrons. The number of anilines is 2. The molecule has 0 saturated carbocycles. The maximum absolute atomic E-state index is 12.9. The van der Waals surface area contributed by atoms with Crippen LogP contribution in [0.5, 0.6) is 0 Å². The summed E-state index contributed by atoms with van der Waals surface area (Å²) in [6.07, 6.45) is 5.89. The highest BCUT2D eigenvalue weighted by Gasteiger charge is 2.28. The zero-order chi connectivity index (χ0) is 21.8. The van der Waals surface area contributed by atoms with Crippen LogP contribution in [0.15, 0.2) is 47.5 Å². The van der Waals surface area contributed by atoms with Gasteiger partial charge >= 0.3 is 0 Å². The number of hydrogen-bond acceptors (Lipinski definition) is 5. The highest BCUT2D eigenvalue weighted by molar-refractivity contribution is 7.89. The van der Waals surface area contributed by atoms with Crippen molar-refractivity contribution in [1.82, 2.24) is 9.29 Å². The lowest BCUT2D eigenvalue weighted by Gasteiger charge is -2.32. The van der Waals surface area contributed by atoms with Crippen molar-refractivity contribution in [3.63, 3.8) is 0 Å². The maximum Gasteiger partial charge on any atom is 0.243 e. The molecule has 2 saturated heterocycles. The largest absolute Gasteiger partial charge is 0.357 e. The first-order valence-corrected chi connectivity index (χ1v) is 12.5. The van der Waals surface area contributed by atoms with E-state index < -0.39 is 10.0 Å². The van der Waals surface area contributed by atoms with Crippen molar-refractivity contribution in [1.29, 1.82) is 0 Å². The molecular formula is C22H27ClN4O3S. The van der Waals surface area contributed by atoms with E-state index in [1.54, 1.807) is 30.5 Å². The Labute approximate surface area is 188 Å². The third-order valence-electron chi connectivity index (χ3n) is 5.96. The first-order chi connectivity index (χ1) is 14.9. The number of pyridine rings is 1. The Morgan fingerprint density at radius 2 is 1.77 bits per heavy atom. The van der Waals surface area contributed by atoms with E-state index in [0.29, 0.717) is 36.6 Å². The van der Waals surface area contributed by atoms with Gasteiger partial charge in [0.1, 0.15) is 5.82 Å². The summed E-state index contributed by atoms with van der Waals surface area (Å²) in [5.41, 5.74) is 0.518. The molecule has 31 heavy (non-hydrogen) atoms. The molecule has 0 aliphatic carbocycles. The highest BCUT2D eigenvalue weighted by Crippen LogP contribution is 2.26. The van der Waals surface area contributed by atoms with E-state index in [9.17, 15) is 13.2 Å². The minimum atomic E-state index is -3.53. The van der Waals surface area contributed by atoms with Crippen LogP contribution in [0.2, 0.25) is 5.02 Å². The van der Waals surface area contributed by atoms with Gasteiger partial charge in [-0.3, -0.25) is 4.79 Å². The van der Waals surface area contributed by atoms with Gasteiger partial charge in [-0.05, 0) is 56.0 Å². The lowest BCUT2D eigenvalue weighted by Crippen LogP contribution is -2.38. The number of halogens is 1. The second-order valence-electron chi connectivity index (χ2n) is 8.08. The van der Waals surface area contributed by atoms with E-state index in [-0.39, 0.29) is 16.7 Å². The number of carbonyl (C=O) groups is 1. The minimum absolute atomic E-state index is 0.0729. The summed E-state index contributed by atoms with van der Waals surface area (Å²) < 4.78 is 27.4. The lowest BCUT2D eigenvalue weighted by molar-refractivity contribution is -0.120. The highest BCUT2D eigenvalue weighted by atomic mass is 35.5. The van der Waals surface area contributed by atoms with E-state index in [2.05, 4.69) is 15.2 Å². The summed E-state index contributed by atoms with van der Waals surface area (Å²) in [5, 5.41) is 3.52. The zero-order valence-electron chi connectivity index (χ0n) is 17.3. The predicted molar refractivity (Wildman–Crippen MR) is 122 cm³/mol. The van der Waals surface area contributed by atoms with Crippen LogP contribution in [-0.2, 0) is 14.8 Å². The number of aromatic nitrogens is 1. The monoisotopic (exact) mass is 462 g/mol. The van der Waals surface area contributed by atoms with Crippen LogP contribution in [0.1, 0.15) is 32.1 Å². The number of sulfonamides is 1. The second-order valence-corrected chi connectivity index (χ2v) is 10.5. The number of benzene rings is 1. The van der Waals surface area contributed by atoms with Crippen LogP contribution >= 0.6 is 11.6 Å². The van der Waals surface area contributed by atoms with Crippen molar-refractivity contribution < 1.29 is 13.2 Å². The third-order valence-corrected chi connectivity index (χ3v) is 8.07. The summed E-state index contributed by atoms with van der Waals surface area (Å²) in [7, 11) is -3.53. The molecule has 4 rings (SSSR count). The van der Waals surface area contributed by atoms with Gasteiger partial charge in [-0.25, -0.2) is 13.4 Å². The molecule has 2 fully saturated rings. The predicted octanol–water partition coefficient (Wildman–Crippen LogP) is 3.76. The van der Waals surface area contributed by atoms with E-state index in [4.69, 9.17) is 11.6 Å². The molecule has 9 heteroatoms. The fourth-order valence-electron chi connectivity index (χ4n) is 4.16. The Morgan fingerprint density at radius 3 is 2.45 bits per heavy atom. The molecule has 7 nitrogen and oxygen atoms in total. The molecule has 0 bridgehead atoms. The Balaban J connectivity index is 1.37. The van der Waals surface area contributed by atoms with Crippen LogP contribution in [0, 0.1) is 5.92 Å². The molecule has 2 aliphatic rings. The number of piperidine rings is 2. The van der Waals surface area contributed by atoms with Crippen LogP contribution in [0.4, 0.5) is 11.5 Å².